The maximum atomic E-state index is 12.6. The first-order valence-electron chi connectivity index (χ1n) is 6.06. The molecule has 21 heavy (non-hydrogen) atoms. The average molecular weight is 300 g/mol. The predicted molar refractivity (Wildman–Crippen MR) is 65.1 cm³/mol. The van der Waals surface area contributed by atoms with Gasteiger partial charge in [-0.15, -0.1) is 0 Å². The van der Waals surface area contributed by atoms with Crippen LogP contribution >= 0.6 is 0 Å². The van der Waals surface area contributed by atoms with E-state index in [-0.39, 0.29) is 13.4 Å². The highest BCUT2D eigenvalue weighted by Gasteiger charge is 2.34. The molecule has 0 spiro atoms. The molecule has 0 bridgehead atoms. The second-order valence-corrected chi connectivity index (χ2v) is 4.42. The number of rotatable bonds is 3. The van der Waals surface area contributed by atoms with Crippen LogP contribution in [0.1, 0.15) is 11.4 Å². The van der Waals surface area contributed by atoms with Crippen molar-refractivity contribution in [1.29, 1.82) is 0 Å². The lowest BCUT2D eigenvalue weighted by Gasteiger charge is -2.08. The summed E-state index contributed by atoms with van der Waals surface area (Å²) in [7, 11) is 1.43. The van der Waals surface area contributed by atoms with Crippen LogP contribution in [-0.4, -0.2) is 16.6 Å². The zero-order valence-corrected chi connectivity index (χ0v) is 11.0. The van der Waals surface area contributed by atoms with Crippen molar-refractivity contribution in [3.05, 3.63) is 35.7 Å². The van der Waals surface area contributed by atoms with E-state index in [4.69, 9.17) is 14.2 Å². The summed E-state index contributed by atoms with van der Waals surface area (Å²) in [5.74, 6) is 1.42. The first kappa shape index (κ1) is 13.6. The monoisotopic (exact) mass is 300 g/mol. The third-order valence-electron chi connectivity index (χ3n) is 3.00. The van der Waals surface area contributed by atoms with Crippen LogP contribution in [0, 0.1) is 0 Å². The number of benzene rings is 1. The molecular weight excluding hydrogens is 289 g/mol. The van der Waals surface area contributed by atoms with E-state index in [1.165, 1.54) is 7.05 Å². The summed E-state index contributed by atoms with van der Waals surface area (Å²) in [6, 6.07) is 6.06. The molecule has 2 aromatic rings. The van der Waals surface area contributed by atoms with Crippen LogP contribution in [0.5, 0.6) is 17.2 Å². The molecule has 5 nitrogen and oxygen atoms in total. The Labute approximate surface area is 117 Å². The van der Waals surface area contributed by atoms with Gasteiger partial charge in [0.1, 0.15) is 6.61 Å². The molecule has 1 aromatic heterocycles. The van der Waals surface area contributed by atoms with Crippen LogP contribution in [-0.2, 0) is 19.8 Å². The number of aryl methyl sites for hydroxylation is 1. The lowest BCUT2D eigenvalue weighted by Crippen LogP contribution is -2.06. The molecule has 0 saturated heterocycles. The molecule has 0 unspecified atom stereocenters. The van der Waals surface area contributed by atoms with Crippen molar-refractivity contribution in [2.24, 2.45) is 7.05 Å². The van der Waals surface area contributed by atoms with Gasteiger partial charge in [0.2, 0.25) is 12.5 Å². The SMILES string of the molecule is Cn1nc(C(F)(F)F)cc1COc1cccc2c1OCO2. The third kappa shape index (κ3) is 2.61. The quantitative estimate of drug-likeness (QED) is 0.874. The fourth-order valence-electron chi connectivity index (χ4n) is 1.95. The molecule has 0 atom stereocenters. The van der Waals surface area contributed by atoms with E-state index < -0.39 is 11.9 Å². The fourth-order valence-corrected chi connectivity index (χ4v) is 1.95. The number of hydrogen-bond donors (Lipinski definition) is 0. The summed E-state index contributed by atoms with van der Waals surface area (Å²) in [4.78, 5) is 0. The van der Waals surface area contributed by atoms with Crippen LogP contribution in [0.15, 0.2) is 24.3 Å². The standard InChI is InChI=1S/C13H11F3N2O3/c1-18-8(5-11(17-18)13(14,15)16)6-19-9-3-2-4-10-12(9)21-7-20-10/h2-5H,6-7H2,1H3. The zero-order chi connectivity index (χ0) is 15.0. The summed E-state index contributed by atoms with van der Waals surface area (Å²) < 4.78 is 54.8. The Morgan fingerprint density at radius 2 is 2.14 bits per heavy atom. The van der Waals surface area contributed by atoms with Gasteiger partial charge in [-0.05, 0) is 18.2 Å². The normalized spacial score (nSPS) is 13.5. The Hall–Kier alpha value is -2.38. The molecule has 1 aliphatic heterocycles. The molecule has 0 aliphatic carbocycles. The summed E-state index contributed by atoms with van der Waals surface area (Å²) >= 11 is 0. The zero-order valence-electron chi connectivity index (χ0n) is 11.0. The van der Waals surface area contributed by atoms with Gasteiger partial charge in [0.15, 0.2) is 17.2 Å². The molecule has 0 fully saturated rings. The molecule has 0 saturated carbocycles. The third-order valence-corrected chi connectivity index (χ3v) is 3.00. The molecule has 1 aliphatic rings. The van der Waals surface area contributed by atoms with Crippen molar-refractivity contribution in [3.63, 3.8) is 0 Å². The number of para-hydroxylation sites is 1. The Balaban J connectivity index is 1.77. The maximum Gasteiger partial charge on any atom is 0.435 e. The van der Waals surface area contributed by atoms with Crippen LogP contribution in [0.4, 0.5) is 13.2 Å². The van der Waals surface area contributed by atoms with Gasteiger partial charge in [-0.2, -0.15) is 18.3 Å². The minimum atomic E-state index is -4.47. The predicted octanol–water partition coefficient (Wildman–Crippen LogP) is 2.75. The number of nitrogens with zero attached hydrogens (tertiary/aromatic N) is 2. The van der Waals surface area contributed by atoms with Crippen molar-refractivity contribution in [1.82, 2.24) is 9.78 Å². The van der Waals surface area contributed by atoms with E-state index in [0.717, 1.165) is 10.7 Å². The molecule has 0 radical (unpaired) electrons. The van der Waals surface area contributed by atoms with Gasteiger partial charge < -0.3 is 14.2 Å². The molecule has 0 N–H and O–H groups in total. The van der Waals surface area contributed by atoms with Crippen molar-refractivity contribution >= 4 is 0 Å². The summed E-state index contributed by atoms with van der Waals surface area (Å²) in [5.41, 5.74) is -0.639. The summed E-state index contributed by atoms with van der Waals surface area (Å²) in [6.45, 7) is 0.0407. The van der Waals surface area contributed by atoms with E-state index in [2.05, 4.69) is 5.10 Å². The van der Waals surface area contributed by atoms with Crippen molar-refractivity contribution in [2.75, 3.05) is 6.79 Å². The van der Waals surface area contributed by atoms with Gasteiger partial charge in [-0.1, -0.05) is 6.07 Å². The second kappa shape index (κ2) is 4.87. The fraction of sp³-hybridized carbons (Fsp3) is 0.308. The average Bonchev–Trinajstić information content (AvgIpc) is 3.02. The Bertz CT molecular complexity index is 667. The molecular formula is C13H11F3N2O3. The van der Waals surface area contributed by atoms with Crippen LogP contribution in [0.2, 0.25) is 0 Å². The van der Waals surface area contributed by atoms with Gasteiger partial charge >= 0.3 is 6.18 Å². The van der Waals surface area contributed by atoms with E-state index in [9.17, 15) is 13.2 Å². The van der Waals surface area contributed by atoms with E-state index >= 15 is 0 Å². The number of halogens is 3. The Morgan fingerprint density at radius 3 is 2.86 bits per heavy atom. The molecule has 112 valence electrons. The molecule has 2 heterocycles. The maximum absolute atomic E-state index is 12.6. The molecule has 3 rings (SSSR count). The first-order valence-corrected chi connectivity index (χ1v) is 6.06. The first-order chi connectivity index (χ1) is 9.95. The van der Waals surface area contributed by atoms with Gasteiger partial charge in [-0.3, -0.25) is 4.68 Å². The molecule has 8 heteroatoms. The largest absolute Gasteiger partial charge is 0.483 e. The number of ether oxygens (including phenoxy) is 3. The second-order valence-electron chi connectivity index (χ2n) is 4.42. The highest BCUT2D eigenvalue weighted by atomic mass is 19.4. The summed E-state index contributed by atoms with van der Waals surface area (Å²) in [6.07, 6.45) is -4.47. The summed E-state index contributed by atoms with van der Waals surface area (Å²) in [5, 5.41) is 3.42. The van der Waals surface area contributed by atoms with Crippen LogP contribution < -0.4 is 14.2 Å². The highest BCUT2D eigenvalue weighted by Crippen LogP contribution is 2.40. The number of fused-ring (bicyclic) bond motifs is 1. The van der Waals surface area contributed by atoms with Crippen molar-refractivity contribution in [3.8, 4) is 17.2 Å². The van der Waals surface area contributed by atoms with Crippen molar-refractivity contribution < 1.29 is 27.4 Å². The van der Waals surface area contributed by atoms with Gasteiger partial charge in [0.25, 0.3) is 0 Å². The Morgan fingerprint density at radius 1 is 1.33 bits per heavy atom. The number of hydrogen-bond acceptors (Lipinski definition) is 4. The minimum Gasteiger partial charge on any atom is -0.483 e. The lowest BCUT2D eigenvalue weighted by atomic mass is 10.3. The van der Waals surface area contributed by atoms with Crippen LogP contribution in [0.3, 0.4) is 0 Å². The molecule has 1 aromatic carbocycles. The lowest BCUT2D eigenvalue weighted by molar-refractivity contribution is -0.141. The van der Waals surface area contributed by atoms with Gasteiger partial charge in [0, 0.05) is 7.05 Å². The topological polar surface area (TPSA) is 45.5 Å². The molecule has 0 amide bonds. The van der Waals surface area contributed by atoms with E-state index in [1.54, 1.807) is 18.2 Å². The number of aromatic nitrogens is 2. The number of alkyl halides is 3. The van der Waals surface area contributed by atoms with E-state index in [1.807, 2.05) is 0 Å². The Kier molecular flexibility index (Phi) is 3.15. The van der Waals surface area contributed by atoms with Crippen molar-refractivity contribution in [2.45, 2.75) is 12.8 Å². The smallest absolute Gasteiger partial charge is 0.435 e. The van der Waals surface area contributed by atoms with E-state index in [0.29, 0.717) is 22.9 Å². The van der Waals surface area contributed by atoms with Gasteiger partial charge in [-0.25, -0.2) is 0 Å². The van der Waals surface area contributed by atoms with Crippen LogP contribution in [0.25, 0.3) is 0 Å². The highest BCUT2D eigenvalue weighted by molar-refractivity contribution is 5.52. The van der Waals surface area contributed by atoms with Gasteiger partial charge in [0.05, 0.1) is 5.69 Å². The minimum absolute atomic E-state index is 0.0562.